The van der Waals surface area contributed by atoms with Crippen LogP contribution >= 0.6 is 0 Å². The molecule has 0 aliphatic rings. The van der Waals surface area contributed by atoms with E-state index in [0.29, 0.717) is 19.3 Å². The van der Waals surface area contributed by atoms with Gasteiger partial charge in [0, 0.05) is 19.3 Å². The lowest BCUT2D eigenvalue weighted by atomic mass is 10.0. The fourth-order valence-corrected chi connectivity index (χ4v) is 9.61. The van der Waals surface area contributed by atoms with Crippen LogP contribution in [-0.4, -0.2) is 37.2 Å². The van der Waals surface area contributed by atoms with Crippen molar-refractivity contribution in [2.24, 2.45) is 0 Å². The number of allylic oxidation sites excluding steroid dienone is 10. The third-order valence-electron chi connectivity index (χ3n) is 14.5. The largest absolute Gasteiger partial charge is 0.462 e. The molecule has 6 heteroatoms. The Bertz CT molecular complexity index is 1340. The minimum atomic E-state index is -0.771. The van der Waals surface area contributed by atoms with E-state index in [-0.39, 0.29) is 31.1 Å². The number of rotatable bonds is 60. The Morgan fingerprint density at radius 3 is 0.827 bits per heavy atom. The van der Waals surface area contributed by atoms with Gasteiger partial charge in [0.2, 0.25) is 0 Å². The predicted molar refractivity (Wildman–Crippen MR) is 325 cm³/mol. The number of esters is 3. The summed E-state index contributed by atoms with van der Waals surface area (Å²) in [6.07, 6.45) is 81.2. The maximum atomic E-state index is 12.9. The Balaban J connectivity index is 4.08. The standard InChI is InChI=1S/C69H124O6/c1-4-7-10-13-16-18-20-22-24-26-28-30-32-33-34-35-37-38-40-42-44-46-48-50-53-56-59-62-68(71)74-65-66(64-73-67(70)61-58-55-52-15-12-9-6-3)75-69(72)63-60-57-54-51-49-47-45-43-41-39-36-31-29-27-25-23-21-19-17-14-11-8-5-2/h7,10,16,18,22,24,27-30,66H,4-6,8-9,11-15,17,19-21,23,25-26,31-65H2,1-3H3/b10-7-,18-16-,24-22-,29-27-,30-28-. The number of carbonyl (C=O) groups excluding carboxylic acids is 3. The second kappa shape index (κ2) is 63.6. The van der Waals surface area contributed by atoms with E-state index in [1.807, 2.05) is 0 Å². The smallest absolute Gasteiger partial charge is 0.306 e. The second-order valence-electron chi connectivity index (χ2n) is 22.0. The fourth-order valence-electron chi connectivity index (χ4n) is 9.61. The number of carbonyl (C=O) groups is 3. The summed E-state index contributed by atoms with van der Waals surface area (Å²) < 4.78 is 16.9. The Hall–Kier alpha value is -2.89. The topological polar surface area (TPSA) is 78.9 Å². The van der Waals surface area contributed by atoms with Crippen molar-refractivity contribution >= 4 is 17.9 Å². The summed E-state index contributed by atoms with van der Waals surface area (Å²) in [7, 11) is 0. The molecule has 0 fully saturated rings. The molecule has 0 rings (SSSR count). The third-order valence-corrected chi connectivity index (χ3v) is 14.5. The Kier molecular flexibility index (Phi) is 61.2. The molecule has 0 aliphatic heterocycles. The van der Waals surface area contributed by atoms with E-state index in [1.165, 1.54) is 218 Å². The Morgan fingerprint density at radius 1 is 0.280 bits per heavy atom. The SMILES string of the molecule is CC/C=C\C/C=C\C/C=C\C/C=C\CCCCCCCCCCCCCCCCC(=O)OCC(COC(=O)CCCCCCCCC)OC(=O)CCCCCCCCCCCCC/C=C\CCCCCCCCCC. The van der Waals surface area contributed by atoms with Gasteiger partial charge in [-0.3, -0.25) is 14.4 Å². The van der Waals surface area contributed by atoms with Crippen LogP contribution in [0.1, 0.15) is 342 Å². The first-order valence-corrected chi connectivity index (χ1v) is 32.8. The van der Waals surface area contributed by atoms with Gasteiger partial charge in [0.1, 0.15) is 13.2 Å². The first-order chi connectivity index (χ1) is 37.0. The van der Waals surface area contributed by atoms with Crippen LogP contribution in [0.15, 0.2) is 60.8 Å². The minimum Gasteiger partial charge on any atom is -0.462 e. The number of hydrogen-bond acceptors (Lipinski definition) is 6. The van der Waals surface area contributed by atoms with Gasteiger partial charge in [-0.2, -0.15) is 0 Å². The molecule has 0 bridgehead atoms. The van der Waals surface area contributed by atoms with Crippen molar-refractivity contribution in [2.75, 3.05) is 13.2 Å². The molecule has 436 valence electrons. The van der Waals surface area contributed by atoms with E-state index in [0.717, 1.165) is 83.5 Å². The van der Waals surface area contributed by atoms with Crippen LogP contribution in [0, 0.1) is 0 Å². The monoisotopic (exact) mass is 1050 g/mol. The number of unbranched alkanes of at least 4 members (excludes halogenated alkanes) is 39. The molecule has 0 saturated heterocycles. The lowest BCUT2D eigenvalue weighted by molar-refractivity contribution is -0.167. The van der Waals surface area contributed by atoms with Gasteiger partial charge in [0.15, 0.2) is 6.10 Å². The zero-order valence-corrected chi connectivity index (χ0v) is 50.1. The molecule has 1 unspecified atom stereocenters. The van der Waals surface area contributed by atoms with Crippen molar-refractivity contribution in [3.05, 3.63) is 60.8 Å². The third kappa shape index (κ3) is 61.8. The maximum absolute atomic E-state index is 12.9. The van der Waals surface area contributed by atoms with E-state index in [9.17, 15) is 14.4 Å². The molecule has 6 nitrogen and oxygen atoms in total. The average Bonchev–Trinajstić information content (AvgIpc) is 3.41. The molecule has 0 amide bonds. The average molecular weight is 1050 g/mol. The van der Waals surface area contributed by atoms with Crippen LogP contribution in [0.5, 0.6) is 0 Å². The van der Waals surface area contributed by atoms with E-state index < -0.39 is 6.10 Å². The molecular weight excluding hydrogens is 925 g/mol. The highest BCUT2D eigenvalue weighted by molar-refractivity contribution is 5.71. The molecule has 0 saturated carbocycles. The van der Waals surface area contributed by atoms with Crippen molar-refractivity contribution in [1.82, 2.24) is 0 Å². The summed E-state index contributed by atoms with van der Waals surface area (Å²) in [5.74, 6) is -0.861. The lowest BCUT2D eigenvalue weighted by Crippen LogP contribution is -2.30. The first kappa shape index (κ1) is 72.1. The van der Waals surface area contributed by atoms with Gasteiger partial charge in [-0.15, -0.1) is 0 Å². The number of hydrogen-bond donors (Lipinski definition) is 0. The summed E-state index contributed by atoms with van der Waals surface area (Å²) in [6, 6.07) is 0. The quantitative estimate of drug-likeness (QED) is 0.0261. The molecule has 0 aromatic rings. The summed E-state index contributed by atoms with van der Waals surface area (Å²) in [4.78, 5) is 38.1. The van der Waals surface area contributed by atoms with Crippen molar-refractivity contribution in [3.63, 3.8) is 0 Å². The van der Waals surface area contributed by atoms with Crippen LogP contribution in [0.25, 0.3) is 0 Å². The van der Waals surface area contributed by atoms with E-state index in [2.05, 4.69) is 81.5 Å². The molecule has 0 heterocycles. The fraction of sp³-hybridized carbons (Fsp3) is 0.812. The molecule has 0 N–H and O–H groups in total. The van der Waals surface area contributed by atoms with Gasteiger partial charge in [-0.25, -0.2) is 0 Å². The molecule has 0 aromatic heterocycles. The molecule has 0 aromatic carbocycles. The van der Waals surface area contributed by atoms with Crippen LogP contribution in [0.3, 0.4) is 0 Å². The summed E-state index contributed by atoms with van der Waals surface area (Å²) in [6.45, 7) is 6.53. The molecule has 1 atom stereocenters. The van der Waals surface area contributed by atoms with E-state index >= 15 is 0 Å². The van der Waals surface area contributed by atoms with Gasteiger partial charge >= 0.3 is 17.9 Å². The summed E-state index contributed by atoms with van der Waals surface area (Å²) in [5, 5.41) is 0. The highest BCUT2D eigenvalue weighted by atomic mass is 16.6. The minimum absolute atomic E-state index is 0.0709. The molecule has 0 aliphatic carbocycles. The highest BCUT2D eigenvalue weighted by Gasteiger charge is 2.19. The van der Waals surface area contributed by atoms with Gasteiger partial charge in [0.05, 0.1) is 0 Å². The molecule has 75 heavy (non-hydrogen) atoms. The van der Waals surface area contributed by atoms with Gasteiger partial charge in [0.25, 0.3) is 0 Å². The van der Waals surface area contributed by atoms with Crippen LogP contribution in [0.2, 0.25) is 0 Å². The zero-order valence-electron chi connectivity index (χ0n) is 50.1. The van der Waals surface area contributed by atoms with Gasteiger partial charge < -0.3 is 14.2 Å². The summed E-state index contributed by atoms with van der Waals surface area (Å²) >= 11 is 0. The van der Waals surface area contributed by atoms with Crippen LogP contribution < -0.4 is 0 Å². The first-order valence-electron chi connectivity index (χ1n) is 32.8. The van der Waals surface area contributed by atoms with Gasteiger partial charge in [-0.05, 0) is 83.5 Å². The van der Waals surface area contributed by atoms with Crippen molar-refractivity contribution in [2.45, 2.75) is 348 Å². The highest BCUT2D eigenvalue weighted by Crippen LogP contribution is 2.17. The zero-order chi connectivity index (χ0) is 54.3. The molecular formula is C69H124O6. The molecule has 0 radical (unpaired) electrons. The summed E-state index contributed by atoms with van der Waals surface area (Å²) in [5.41, 5.74) is 0. The van der Waals surface area contributed by atoms with Crippen LogP contribution in [0.4, 0.5) is 0 Å². The van der Waals surface area contributed by atoms with Crippen molar-refractivity contribution in [3.8, 4) is 0 Å². The second-order valence-corrected chi connectivity index (χ2v) is 22.0. The Morgan fingerprint density at radius 2 is 0.520 bits per heavy atom. The Labute approximate surface area is 466 Å². The normalized spacial score (nSPS) is 12.4. The van der Waals surface area contributed by atoms with E-state index in [4.69, 9.17) is 14.2 Å². The molecule has 0 spiro atoms. The number of ether oxygens (including phenoxy) is 3. The predicted octanol–water partition coefficient (Wildman–Crippen LogP) is 22.3. The van der Waals surface area contributed by atoms with Crippen molar-refractivity contribution < 1.29 is 28.6 Å². The maximum Gasteiger partial charge on any atom is 0.306 e. The lowest BCUT2D eigenvalue weighted by Gasteiger charge is -2.18. The van der Waals surface area contributed by atoms with E-state index in [1.54, 1.807) is 0 Å². The van der Waals surface area contributed by atoms with Gasteiger partial charge in [-0.1, -0.05) is 300 Å². The van der Waals surface area contributed by atoms with Crippen molar-refractivity contribution in [1.29, 1.82) is 0 Å². The van der Waals surface area contributed by atoms with Crippen LogP contribution in [-0.2, 0) is 28.6 Å².